The second-order valence-corrected chi connectivity index (χ2v) is 8.16. The van der Waals surface area contributed by atoms with E-state index >= 15 is 0 Å². The van der Waals surface area contributed by atoms with E-state index in [-0.39, 0.29) is 18.0 Å². The fourth-order valence-corrected chi connectivity index (χ4v) is 4.98. The summed E-state index contributed by atoms with van der Waals surface area (Å²) in [6.07, 6.45) is 4.50. The van der Waals surface area contributed by atoms with Crippen LogP contribution in [0.4, 0.5) is 8.78 Å². The van der Waals surface area contributed by atoms with Gasteiger partial charge in [0.05, 0.1) is 0 Å². The molecular weight excluding hydrogens is 372 g/mol. The molecule has 1 amide bonds. The predicted octanol–water partition coefficient (Wildman–Crippen LogP) is 3.56. The standard InChI is InChI=1S/C23H27F2N3O/c24-21-5-2-6-22(25)20(21)14-27-9-10-28-18-7-8-19(28)13-17(12-18)15-3-1-4-16(11-15)23(26)29/h1-6,11,17-19,27H,7-10,12-14H2,(H2,26,29)/t17-,18+,19-. The van der Waals surface area contributed by atoms with E-state index in [4.69, 9.17) is 5.73 Å². The molecule has 2 aromatic carbocycles. The summed E-state index contributed by atoms with van der Waals surface area (Å²) in [6, 6.07) is 12.7. The molecule has 2 heterocycles. The number of rotatable bonds is 7. The Morgan fingerprint density at radius 3 is 2.38 bits per heavy atom. The Balaban J connectivity index is 1.32. The molecule has 4 nitrogen and oxygen atoms in total. The highest BCUT2D eigenvalue weighted by molar-refractivity contribution is 5.92. The third-order valence-corrected chi connectivity index (χ3v) is 6.44. The molecule has 0 unspecified atom stereocenters. The lowest BCUT2D eigenvalue weighted by molar-refractivity contribution is 0.1000. The second kappa shape index (κ2) is 8.59. The van der Waals surface area contributed by atoms with Crippen LogP contribution in [-0.2, 0) is 6.54 Å². The van der Waals surface area contributed by atoms with Crippen molar-refractivity contribution >= 4 is 5.91 Å². The monoisotopic (exact) mass is 399 g/mol. The van der Waals surface area contributed by atoms with Crippen LogP contribution >= 0.6 is 0 Å². The van der Waals surface area contributed by atoms with E-state index in [1.165, 1.54) is 36.6 Å². The number of nitrogens with zero attached hydrogens (tertiary/aromatic N) is 1. The van der Waals surface area contributed by atoms with Crippen LogP contribution in [0.15, 0.2) is 42.5 Å². The summed E-state index contributed by atoms with van der Waals surface area (Å²) in [6.45, 7) is 1.77. The molecule has 0 aromatic heterocycles. The first-order chi connectivity index (χ1) is 14.0. The second-order valence-electron chi connectivity index (χ2n) is 8.16. The third-order valence-electron chi connectivity index (χ3n) is 6.44. The smallest absolute Gasteiger partial charge is 0.248 e. The third kappa shape index (κ3) is 4.33. The minimum Gasteiger partial charge on any atom is -0.366 e. The number of nitrogens with one attached hydrogen (secondary N) is 1. The molecule has 6 heteroatoms. The number of benzene rings is 2. The van der Waals surface area contributed by atoms with Crippen molar-refractivity contribution in [3.63, 3.8) is 0 Å². The number of primary amides is 1. The lowest BCUT2D eigenvalue weighted by atomic mass is 9.84. The van der Waals surface area contributed by atoms with Crippen LogP contribution < -0.4 is 11.1 Å². The molecule has 0 saturated carbocycles. The summed E-state index contributed by atoms with van der Waals surface area (Å²) in [4.78, 5) is 14.0. The summed E-state index contributed by atoms with van der Waals surface area (Å²) >= 11 is 0. The molecule has 154 valence electrons. The number of fused-ring (bicyclic) bond motifs is 2. The van der Waals surface area contributed by atoms with Crippen LogP contribution in [0.3, 0.4) is 0 Å². The first kappa shape index (κ1) is 20.0. The predicted molar refractivity (Wildman–Crippen MR) is 109 cm³/mol. The summed E-state index contributed by atoms with van der Waals surface area (Å²) in [7, 11) is 0. The van der Waals surface area contributed by atoms with Gasteiger partial charge in [0.2, 0.25) is 5.91 Å². The SMILES string of the molecule is NC(=O)c1cccc([C@H]2C[C@H]3CC[C@@H](C2)N3CCNCc2c(F)cccc2F)c1. The van der Waals surface area contributed by atoms with Crippen molar-refractivity contribution in [2.45, 2.75) is 50.2 Å². The normalized spacial score (nSPS) is 24.0. The zero-order valence-electron chi connectivity index (χ0n) is 16.4. The van der Waals surface area contributed by atoms with E-state index in [0.29, 0.717) is 30.1 Å². The Kier molecular flexibility index (Phi) is 5.92. The average molecular weight is 399 g/mol. The van der Waals surface area contributed by atoms with Gasteiger partial charge < -0.3 is 11.1 Å². The molecule has 0 spiro atoms. The molecule has 3 N–H and O–H groups in total. The van der Waals surface area contributed by atoms with Gasteiger partial charge in [-0.2, -0.15) is 0 Å². The van der Waals surface area contributed by atoms with Crippen LogP contribution in [0.2, 0.25) is 0 Å². The van der Waals surface area contributed by atoms with Gasteiger partial charge in [0.15, 0.2) is 0 Å². The molecule has 2 aromatic rings. The first-order valence-electron chi connectivity index (χ1n) is 10.3. The van der Waals surface area contributed by atoms with Gasteiger partial charge in [-0.05, 0) is 61.4 Å². The molecular formula is C23H27F2N3O. The Labute approximate surface area is 170 Å². The van der Waals surface area contributed by atoms with Gasteiger partial charge in [-0.1, -0.05) is 18.2 Å². The zero-order valence-corrected chi connectivity index (χ0v) is 16.4. The molecule has 0 radical (unpaired) electrons. The van der Waals surface area contributed by atoms with E-state index in [9.17, 15) is 13.6 Å². The molecule has 2 saturated heterocycles. The summed E-state index contributed by atoms with van der Waals surface area (Å²) in [5, 5.41) is 3.19. The van der Waals surface area contributed by atoms with Crippen LogP contribution in [0.1, 0.15) is 53.1 Å². The number of amides is 1. The van der Waals surface area contributed by atoms with E-state index in [1.54, 1.807) is 6.07 Å². The summed E-state index contributed by atoms with van der Waals surface area (Å²) in [5.41, 5.74) is 7.30. The molecule has 4 rings (SSSR count). The number of halogens is 2. The van der Waals surface area contributed by atoms with Crippen LogP contribution in [-0.4, -0.2) is 36.0 Å². The Morgan fingerprint density at radius 2 is 1.72 bits per heavy atom. The number of piperidine rings is 1. The maximum absolute atomic E-state index is 13.7. The molecule has 2 fully saturated rings. The van der Waals surface area contributed by atoms with Gasteiger partial charge in [-0.3, -0.25) is 9.69 Å². The fourth-order valence-electron chi connectivity index (χ4n) is 4.98. The van der Waals surface area contributed by atoms with Crippen LogP contribution in [0.25, 0.3) is 0 Å². The van der Waals surface area contributed by atoms with E-state index in [1.807, 2.05) is 12.1 Å². The lowest BCUT2D eigenvalue weighted by Gasteiger charge is -2.39. The highest BCUT2D eigenvalue weighted by Crippen LogP contribution is 2.42. The number of carbonyl (C=O) groups excluding carboxylic acids is 1. The Morgan fingerprint density at radius 1 is 1.07 bits per heavy atom. The molecule has 0 aliphatic carbocycles. The summed E-state index contributed by atoms with van der Waals surface area (Å²) in [5.74, 6) is -0.943. The van der Waals surface area contributed by atoms with E-state index < -0.39 is 11.6 Å². The summed E-state index contributed by atoms with van der Waals surface area (Å²) < 4.78 is 27.5. The topological polar surface area (TPSA) is 58.4 Å². The number of nitrogens with two attached hydrogens (primary N) is 1. The van der Waals surface area contributed by atoms with Gasteiger partial charge in [-0.15, -0.1) is 0 Å². The molecule has 2 aliphatic heterocycles. The zero-order chi connectivity index (χ0) is 20.4. The van der Waals surface area contributed by atoms with Crippen LogP contribution in [0, 0.1) is 11.6 Å². The Hall–Kier alpha value is -2.31. The van der Waals surface area contributed by atoms with Gasteiger partial charge in [0.1, 0.15) is 11.6 Å². The van der Waals surface area contributed by atoms with E-state index in [0.717, 1.165) is 19.4 Å². The van der Waals surface area contributed by atoms with Crippen molar-refractivity contribution in [2.24, 2.45) is 5.73 Å². The lowest BCUT2D eigenvalue weighted by Crippen LogP contribution is -2.45. The van der Waals surface area contributed by atoms with Gasteiger partial charge in [0, 0.05) is 42.8 Å². The number of hydrogen-bond donors (Lipinski definition) is 2. The number of carbonyl (C=O) groups is 1. The Bertz CT molecular complexity index is 854. The highest BCUT2D eigenvalue weighted by atomic mass is 19.1. The van der Waals surface area contributed by atoms with Crippen molar-refractivity contribution in [1.29, 1.82) is 0 Å². The van der Waals surface area contributed by atoms with E-state index in [2.05, 4.69) is 16.3 Å². The maximum Gasteiger partial charge on any atom is 0.248 e. The van der Waals surface area contributed by atoms with Crippen molar-refractivity contribution in [3.05, 3.63) is 70.8 Å². The largest absolute Gasteiger partial charge is 0.366 e. The molecule has 29 heavy (non-hydrogen) atoms. The minimum absolute atomic E-state index is 0.100. The molecule has 2 bridgehead atoms. The van der Waals surface area contributed by atoms with Crippen LogP contribution in [0.5, 0.6) is 0 Å². The number of hydrogen-bond acceptors (Lipinski definition) is 3. The van der Waals surface area contributed by atoms with Gasteiger partial charge in [0.25, 0.3) is 0 Å². The maximum atomic E-state index is 13.7. The molecule has 2 aliphatic rings. The molecule has 3 atom stereocenters. The van der Waals surface area contributed by atoms with Crippen molar-refractivity contribution < 1.29 is 13.6 Å². The van der Waals surface area contributed by atoms with Gasteiger partial charge >= 0.3 is 0 Å². The minimum atomic E-state index is -0.503. The highest BCUT2D eigenvalue weighted by Gasteiger charge is 2.40. The van der Waals surface area contributed by atoms with Crippen molar-refractivity contribution in [1.82, 2.24) is 10.2 Å². The van der Waals surface area contributed by atoms with Gasteiger partial charge in [-0.25, -0.2) is 8.78 Å². The average Bonchev–Trinajstić information content (AvgIpc) is 2.94. The quantitative estimate of drug-likeness (QED) is 0.700. The van der Waals surface area contributed by atoms with Crippen molar-refractivity contribution in [2.75, 3.05) is 13.1 Å². The fraction of sp³-hybridized carbons (Fsp3) is 0.435. The first-order valence-corrected chi connectivity index (χ1v) is 10.3. The van der Waals surface area contributed by atoms with Crippen molar-refractivity contribution in [3.8, 4) is 0 Å².